The summed E-state index contributed by atoms with van der Waals surface area (Å²) in [6, 6.07) is 0. The number of carbonyl (C=O) groups is 2. The summed E-state index contributed by atoms with van der Waals surface area (Å²) in [6.45, 7) is 7.84. The van der Waals surface area contributed by atoms with E-state index in [9.17, 15) is 9.59 Å². The molecule has 5 heteroatoms. The first-order chi connectivity index (χ1) is 29.6. The van der Waals surface area contributed by atoms with Crippen LogP contribution in [0.25, 0.3) is 0 Å². The van der Waals surface area contributed by atoms with Gasteiger partial charge in [-0.2, -0.15) is 0 Å². The Morgan fingerprint density at radius 2 is 0.700 bits per heavy atom. The van der Waals surface area contributed by atoms with Crippen molar-refractivity contribution in [2.75, 3.05) is 19.8 Å². The molecule has 0 aromatic carbocycles. The molecule has 0 saturated heterocycles. The van der Waals surface area contributed by atoms with E-state index >= 15 is 0 Å². The molecule has 0 saturated carbocycles. The van der Waals surface area contributed by atoms with Gasteiger partial charge < -0.3 is 14.2 Å². The Balaban J connectivity index is 4.16. The highest BCUT2D eigenvalue weighted by Gasteiger charge is 2.17. The number of carbonyl (C=O) groups excluding carboxylic acids is 2. The van der Waals surface area contributed by atoms with Gasteiger partial charge in [0.15, 0.2) is 6.10 Å². The fraction of sp³-hybridized carbons (Fsp3) is 0.891. The minimum absolute atomic E-state index is 0.0921. The van der Waals surface area contributed by atoms with Crippen molar-refractivity contribution >= 4 is 11.9 Å². The van der Waals surface area contributed by atoms with Crippen molar-refractivity contribution in [3.05, 3.63) is 24.3 Å². The quantitative estimate of drug-likeness (QED) is 0.0347. The van der Waals surface area contributed by atoms with Crippen LogP contribution in [-0.4, -0.2) is 37.9 Å². The summed E-state index contributed by atoms with van der Waals surface area (Å²) in [7, 11) is 0. The van der Waals surface area contributed by atoms with Gasteiger partial charge in [0.05, 0.1) is 6.61 Å². The molecule has 5 nitrogen and oxygen atoms in total. The molecule has 0 aliphatic carbocycles. The third-order valence-corrected chi connectivity index (χ3v) is 12.0. The average molecular weight is 845 g/mol. The molecule has 60 heavy (non-hydrogen) atoms. The molecule has 0 N–H and O–H groups in total. The minimum Gasteiger partial charge on any atom is -0.462 e. The van der Waals surface area contributed by atoms with Gasteiger partial charge in [0, 0.05) is 19.4 Å². The number of esters is 2. The Labute approximate surface area is 375 Å². The molecule has 1 atom stereocenters. The maximum absolute atomic E-state index is 12.8. The maximum atomic E-state index is 12.8. The lowest BCUT2D eigenvalue weighted by atomic mass is 10.0. The Morgan fingerprint density at radius 3 is 1.13 bits per heavy atom. The molecule has 0 rings (SSSR count). The van der Waals surface area contributed by atoms with Crippen molar-refractivity contribution in [2.45, 2.75) is 297 Å². The summed E-state index contributed by atoms with van der Waals surface area (Å²) in [6.07, 6.45) is 60.4. The fourth-order valence-electron chi connectivity index (χ4n) is 7.95. The van der Waals surface area contributed by atoms with Crippen molar-refractivity contribution in [1.82, 2.24) is 0 Å². The Kier molecular flexibility index (Phi) is 50.3. The zero-order valence-corrected chi connectivity index (χ0v) is 40.7. The van der Waals surface area contributed by atoms with Crippen molar-refractivity contribution in [1.29, 1.82) is 0 Å². The first-order valence-corrected chi connectivity index (χ1v) is 26.9. The van der Waals surface area contributed by atoms with Gasteiger partial charge in [0.25, 0.3) is 0 Å². The lowest BCUT2D eigenvalue weighted by Gasteiger charge is -2.18. The average Bonchev–Trinajstić information content (AvgIpc) is 3.25. The molecule has 0 radical (unpaired) electrons. The van der Waals surface area contributed by atoms with Gasteiger partial charge >= 0.3 is 11.9 Å². The molecule has 0 aromatic heterocycles. The van der Waals surface area contributed by atoms with Gasteiger partial charge in [-0.1, -0.05) is 251 Å². The van der Waals surface area contributed by atoms with E-state index in [1.807, 2.05) is 0 Å². The standard InChI is InChI=1S/C55H104O5/c1-4-7-10-13-16-19-22-24-25-26-27-28-29-30-32-35-38-41-44-47-50-58-51-53(60-55(57)49-46-43-40-37-33-21-18-15-12-9-6-3)52-59-54(56)48-45-42-39-36-34-31-23-20-17-14-11-8-5-2/h16,19,24-25,53H,4-15,17-18,20-23,26-52H2,1-3H3/b19-16-,25-24-. The second-order valence-electron chi connectivity index (χ2n) is 18.1. The molecular formula is C55H104O5. The zero-order chi connectivity index (χ0) is 43.5. The Hall–Kier alpha value is -1.62. The number of ether oxygens (including phenoxy) is 3. The van der Waals surface area contributed by atoms with E-state index in [0.29, 0.717) is 26.1 Å². The minimum atomic E-state index is -0.529. The van der Waals surface area contributed by atoms with Gasteiger partial charge in [-0.25, -0.2) is 0 Å². The van der Waals surface area contributed by atoms with E-state index in [2.05, 4.69) is 45.1 Å². The van der Waals surface area contributed by atoms with Gasteiger partial charge in [0.2, 0.25) is 0 Å². The van der Waals surface area contributed by atoms with Crippen molar-refractivity contribution in [3.8, 4) is 0 Å². The van der Waals surface area contributed by atoms with Gasteiger partial charge in [-0.15, -0.1) is 0 Å². The first kappa shape index (κ1) is 58.4. The molecule has 0 aliphatic heterocycles. The van der Waals surface area contributed by atoms with E-state index in [0.717, 1.165) is 44.9 Å². The SMILES string of the molecule is CCCCC/C=C\C/C=C\CCCCCCCCCCCCOCC(COC(=O)CCCCCCCCCCCCCCC)OC(=O)CCCCCCCCCCCCC. The summed E-state index contributed by atoms with van der Waals surface area (Å²) in [5.41, 5.74) is 0. The highest BCUT2D eigenvalue weighted by atomic mass is 16.6. The largest absolute Gasteiger partial charge is 0.462 e. The second-order valence-corrected chi connectivity index (χ2v) is 18.1. The smallest absolute Gasteiger partial charge is 0.306 e. The molecule has 0 amide bonds. The molecule has 0 aliphatic rings. The molecule has 0 aromatic rings. The van der Waals surface area contributed by atoms with Crippen LogP contribution in [0.1, 0.15) is 290 Å². The van der Waals surface area contributed by atoms with Crippen LogP contribution in [0.2, 0.25) is 0 Å². The van der Waals surface area contributed by atoms with E-state index in [1.54, 1.807) is 0 Å². The van der Waals surface area contributed by atoms with E-state index in [4.69, 9.17) is 14.2 Å². The lowest BCUT2D eigenvalue weighted by molar-refractivity contribution is -0.163. The van der Waals surface area contributed by atoms with Gasteiger partial charge in [-0.3, -0.25) is 9.59 Å². The summed E-state index contributed by atoms with van der Waals surface area (Å²) in [4.78, 5) is 25.4. The lowest BCUT2D eigenvalue weighted by Crippen LogP contribution is -2.30. The zero-order valence-electron chi connectivity index (χ0n) is 40.7. The fourth-order valence-corrected chi connectivity index (χ4v) is 7.95. The van der Waals surface area contributed by atoms with E-state index in [1.165, 1.54) is 212 Å². The van der Waals surface area contributed by atoms with Crippen LogP contribution in [0.4, 0.5) is 0 Å². The van der Waals surface area contributed by atoms with E-state index in [-0.39, 0.29) is 18.5 Å². The maximum Gasteiger partial charge on any atom is 0.306 e. The van der Waals surface area contributed by atoms with Crippen molar-refractivity contribution < 1.29 is 23.8 Å². The van der Waals surface area contributed by atoms with Crippen LogP contribution in [0.5, 0.6) is 0 Å². The Bertz CT molecular complexity index is 913. The molecule has 0 spiro atoms. The number of rotatable bonds is 50. The number of hydrogen-bond acceptors (Lipinski definition) is 5. The van der Waals surface area contributed by atoms with Gasteiger partial charge in [0.1, 0.15) is 6.61 Å². The van der Waals surface area contributed by atoms with Crippen LogP contribution < -0.4 is 0 Å². The summed E-state index contributed by atoms with van der Waals surface area (Å²) in [5.74, 6) is -0.381. The highest BCUT2D eigenvalue weighted by molar-refractivity contribution is 5.70. The summed E-state index contributed by atoms with van der Waals surface area (Å²) < 4.78 is 17.4. The van der Waals surface area contributed by atoms with Gasteiger partial charge in [-0.05, 0) is 51.4 Å². The van der Waals surface area contributed by atoms with Crippen LogP contribution in [0, 0.1) is 0 Å². The topological polar surface area (TPSA) is 61.8 Å². The van der Waals surface area contributed by atoms with E-state index < -0.39 is 6.10 Å². The number of hydrogen-bond donors (Lipinski definition) is 0. The molecule has 0 fully saturated rings. The predicted octanol–water partition coefficient (Wildman–Crippen LogP) is 18.0. The highest BCUT2D eigenvalue weighted by Crippen LogP contribution is 2.16. The number of allylic oxidation sites excluding steroid dienone is 4. The second kappa shape index (κ2) is 51.7. The molecular weight excluding hydrogens is 741 g/mol. The molecule has 0 bridgehead atoms. The first-order valence-electron chi connectivity index (χ1n) is 26.9. The summed E-state index contributed by atoms with van der Waals surface area (Å²) >= 11 is 0. The summed E-state index contributed by atoms with van der Waals surface area (Å²) in [5, 5.41) is 0. The monoisotopic (exact) mass is 845 g/mol. The van der Waals surface area contributed by atoms with Crippen LogP contribution in [-0.2, 0) is 23.8 Å². The third kappa shape index (κ3) is 49.0. The van der Waals surface area contributed by atoms with Crippen LogP contribution >= 0.6 is 0 Å². The van der Waals surface area contributed by atoms with Crippen molar-refractivity contribution in [3.63, 3.8) is 0 Å². The third-order valence-electron chi connectivity index (χ3n) is 12.0. The Morgan fingerprint density at radius 1 is 0.367 bits per heavy atom. The normalized spacial score (nSPS) is 12.2. The van der Waals surface area contributed by atoms with Crippen molar-refractivity contribution in [2.24, 2.45) is 0 Å². The molecule has 1 unspecified atom stereocenters. The number of unbranched alkanes of at least 4 members (excludes halogenated alkanes) is 35. The van der Waals surface area contributed by atoms with Crippen LogP contribution in [0.3, 0.4) is 0 Å². The van der Waals surface area contributed by atoms with Crippen LogP contribution in [0.15, 0.2) is 24.3 Å². The predicted molar refractivity (Wildman–Crippen MR) is 261 cm³/mol. The molecule has 354 valence electrons. The molecule has 0 heterocycles.